The number of benzene rings is 1. The molecular formula is C14H15FN2O3. The van der Waals surface area contributed by atoms with Crippen molar-refractivity contribution in [3.63, 3.8) is 0 Å². The van der Waals surface area contributed by atoms with E-state index in [2.05, 4.69) is 5.10 Å². The Morgan fingerprint density at radius 2 is 2.20 bits per heavy atom. The second-order valence-corrected chi connectivity index (χ2v) is 4.34. The van der Waals surface area contributed by atoms with Crippen LogP contribution in [0, 0.1) is 5.82 Å². The van der Waals surface area contributed by atoms with Gasteiger partial charge in [-0.05, 0) is 24.6 Å². The van der Waals surface area contributed by atoms with Crippen molar-refractivity contribution in [2.24, 2.45) is 7.05 Å². The summed E-state index contributed by atoms with van der Waals surface area (Å²) in [6.45, 7) is 2.12. The molecule has 106 valence electrons. The van der Waals surface area contributed by atoms with E-state index in [1.54, 1.807) is 11.7 Å². The number of aromatic carboxylic acids is 1. The minimum atomic E-state index is -1.15. The van der Waals surface area contributed by atoms with Gasteiger partial charge >= 0.3 is 5.97 Å². The molecule has 2 rings (SSSR count). The zero-order valence-corrected chi connectivity index (χ0v) is 11.3. The van der Waals surface area contributed by atoms with Crippen molar-refractivity contribution in [2.45, 2.75) is 20.0 Å². The maximum Gasteiger partial charge on any atom is 0.339 e. The number of rotatable bonds is 5. The van der Waals surface area contributed by atoms with E-state index in [1.165, 1.54) is 6.07 Å². The number of aryl methyl sites for hydroxylation is 2. The van der Waals surface area contributed by atoms with Crippen LogP contribution in [0.3, 0.4) is 0 Å². The van der Waals surface area contributed by atoms with Crippen LogP contribution in [0.4, 0.5) is 4.39 Å². The molecule has 2 aromatic rings. The molecule has 1 aromatic heterocycles. The van der Waals surface area contributed by atoms with Crippen LogP contribution in [-0.2, 0) is 20.1 Å². The molecule has 5 nitrogen and oxygen atoms in total. The summed E-state index contributed by atoms with van der Waals surface area (Å²) in [6, 6.07) is 5.23. The third kappa shape index (κ3) is 2.96. The van der Waals surface area contributed by atoms with Crippen LogP contribution in [0.25, 0.3) is 0 Å². The first-order valence-electron chi connectivity index (χ1n) is 6.18. The molecule has 1 aromatic carbocycles. The molecule has 0 fully saturated rings. The number of carbonyl (C=O) groups is 1. The quantitative estimate of drug-likeness (QED) is 0.912. The first-order valence-corrected chi connectivity index (χ1v) is 6.18. The summed E-state index contributed by atoms with van der Waals surface area (Å²) in [5, 5.41) is 13.3. The van der Waals surface area contributed by atoms with Gasteiger partial charge in [-0.1, -0.05) is 6.92 Å². The van der Waals surface area contributed by atoms with Crippen LogP contribution in [-0.4, -0.2) is 20.9 Å². The molecule has 1 N–H and O–H groups in total. The lowest BCUT2D eigenvalue weighted by molar-refractivity contribution is 0.0691. The Hall–Kier alpha value is -2.37. The molecule has 20 heavy (non-hydrogen) atoms. The zero-order valence-electron chi connectivity index (χ0n) is 11.3. The average molecular weight is 278 g/mol. The fraction of sp³-hybridized carbons (Fsp3) is 0.286. The number of hydrogen-bond acceptors (Lipinski definition) is 3. The highest BCUT2D eigenvalue weighted by Gasteiger charge is 2.13. The van der Waals surface area contributed by atoms with Crippen LogP contribution in [0.15, 0.2) is 24.3 Å². The van der Waals surface area contributed by atoms with Crippen LogP contribution in [0.5, 0.6) is 5.75 Å². The van der Waals surface area contributed by atoms with Gasteiger partial charge in [-0.15, -0.1) is 0 Å². The van der Waals surface area contributed by atoms with Crippen molar-refractivity contribution < 1.29 is 19.0 Å². The highest BCUT2D eigenvalue weighted by Crippen LogP contribution is 2.21. The Balaban J connectivity index is 2.19. The molecular weight excluding hydrogens is 263 g/mol. The Kier molecular flexibility index (Phi) is 4.02. The molecule has 0 aliphatic heterocycles. The molecule has 6 heteroatoms. The highest BCUT2D eigenvalue weighted by molar-refractivity contribution is 5.90. The SMILES string of the molecule is CCc1cc(COc2cc(F)ccc2C(=O)O)n(C)n1. The van der Waals surface area contributed by atoms with Gasteiger partial charge in [0.1, 0.15) is 23.7 Å². The lowest BCUT2D eigenvalue weighted by atomic mass is 10.2. The Bertz CT molecular complexity index is 637. The summed E-state index contributed by atoms with van der Waals surface area (Å²) >= 11 is 0. The van der Waals surface area contributed by atoms with Crippen LogP contribution in [0.2, 0.25) is 0 Å². The van der Waals surface area contributed by atoms with E-state index in [0.717, 1.165) is 29.9 Å². The Labute approximate surface area is 115 Å². The minimum absolute atomic E-state index is 0.0109. The molecule has 0 unspecified atom stereocenters. The Morgan fingerprint density at radius 1 is 1.45 bits per heavy atom. The summed E-state index contributed by atoms with van der Waals surface area (Å²) in [5.41, 5.74) is 1.65. The van der Waals surface area contributed by atoms with Gasteiger partial charge in [0.25, 0.3) is 0 Å². The van der Waals surface area contributed by atoms with Gasteiger partial charge in [0.2, 0.25) is 0 Å². The van der Waals surface area contributed by atoms with Gasteiger partial charge in [-0.2, -0.15) is 5.10 Å². The van der Waals surface area contributed by atoms with E-state index < -0.39 is 11.8 Å². The number of halogens is 1. The van der Waals surface area contributed by atoms with Gasteiger partial charge in [0.05, 0.1) is 11.4 Å². The van der Waals surface area contributed by atoms with Gasteiger partial charge in [0, 0.05) is 13.1 Å². The van der Waals surface area contributed by atoms with Crippen LogP contribution < -0.4 is 4.74 Å². The summed E-state index contributed by atoms with van der Waals surface area (Å²) < 4.78 is 20.3. The summed E-state index contributed by atoms with van der Waals surface area (Å²) in [7, 11) is 1.78. The number of ether oxygens (including phenoxy) is 1. The number of hydrogen-bond donors (Lipinski definition) is 1. The monoisotopic (exact) mass is 278 g/mol. The first kappa shape index (κ1) is 14.0. The smallest absolute Gasteiger partial charge is 0.339 e. The van der Waals surface area contributed by atoms with Crippen molar-refractivity contribution in [1.82, 2.24) is 9.78 Å². The topological polar surface area (TPSA) is 64.3 Å². The predicted octanol–water partition coefficient (Wildman–Crippen LogP) is 2.40. The third-order valence-electron chi connectivity index (χ3n) is 2.94. The summed E-state index contributed by atoms with van der Waals surface area (Å²) in [5.74, 6) is -1.68. The van der Waals surface area contributed by atoms with Crippen LogP contribution in [0.1, 0.15) is 28.7 Å². The Morgan fingerprint density at radius 3 is 2.80 bits per heavy atom. The van der Waals surface area contributed by atoms with E-state index >= 15 is 0 Å². The fourth-order valence-electron chi connectivity index (χ4n) is 1.82. The van der Waals surface area contributed by atoms with E-state index in [-0.39, 0.29) is 17.9 Å². The van der Waals surface area contributed by atoms with E-state index in [9.17, 15) is 9.18 Å². The molecule has 0 aliphatic rings. The average Bonchev–Trinajstić information content (AvgIpc) is 2.76. The predicted molar refractivity (Wildman–Crippen MR) is 70.3 cm³/mol. The molecule has 0 saturated heterocycles. The number of nitrogens with zero attached hydrogens (tertiary/aromatic N) is 2. The highest BCUT2D eigenvalue weighted by atomic mass is 19.1. The second-order valence-electron chi connectivity index (χ2n) is 4.34. The molecule has 0 atom stereocenters. The lowest BCUT2D eigenvalue weighted by Crippen LogP contribution is -2.06. The summed E-state index contributed by atoms with van der Waals surface area (Å²) in [6.07, 6.45) is 0.800. The van der Waals surface area contributed by atoms with Gasteiger partial charge in [0.15, 0.2) is 0 Å². The maximum atomic E-state index is 13.2. The number of carboxylic acid groups (broad SMARTS) is 1. The molecule has 0 aliphatic carbocycles. The molecule has 0 radical (unpaired) electrons. The minimum Gasteiger partial charge on any atom is -0.486 e. The number of aromatic nitrogens is 2. The normalized spacial score (nSPS) is 10.6. The van der Waals surface area contributed by atoms with E-state index in [1.807, 2.05) is 13.0 Å². The van der Waals surface area contributed by atoms with Crippen molar-refractivity contribution in [2.75, 3.05) is 0 Å². The van der Waals surface area contributed by atoms with Crippen molar-refractivity contribution in [3.8, 4) is 5.75 Å². The zero-order chi connectivity index (χ0) is 14.7. The van der Waals surface area contributed by atoms with Crippen molar-refractivity contribution >= 4 is 5.97 Å². The first-order chi connectivity index (χ1) is 9.51. The molecule has 0 saturated carbocycles. The standard InChI is InChI=1S/C14H15FN2O3/c1-3-10-7-11(17(2)16-10)8-20-13-6-9(15)4-5-12(13)14(18)19/h4-7H,3,8H2,1-2H3,(H,18,19). The maximum absolute atomic E-state index is 13.2. The van der Waals surface area contributed by atoms with Gasteiger partial charge in [-0.3, -0.25) is 4.68 Å². The van der Waals surface area contributed by atoms with E-state index in [4.69, 9.17) is 9.84 Å². The molecule has 0 bridgehead atoms. The summed E-state index contributed by atoms with van der Waals surface area (Å²) in [4.78, 5) is 11.0. The molecule has 0 spiro atoms. The van der Waals surface area contributed by atoms with Gasteiger partial charge < -0.3 is 9.84 Å². The number of carboxylic acids is 1. The van der Waals surface area contributed by atoms with Gasteiger partial charge in [-0.25, -0.2) is 9.18 Å². The van der Waals surface area contributed by atoms with Crippen LogP contribution >= 0.6 is 0 Å². The van der Waals surface area contributed by atoms with Crippen molar-refractivity contribution in [1.29, 1.82) is 0 Å². The largest absolute Gasteiger partial charge is 0.486 e. The lowest BCUT2D eigenvalue weighted by Gasteiger charge is -2.09. The third-order valence-corrected chi connectivity index (χ3v) is 2.94. The molecule has 1 heterocycles. The molecule has 0 amide bonds. The second kappa shape index (κ2) is 5.73. The van der Waals surface area contributed by atoms with E-state index in [0.29, 0.717) is 0 Å². The fourth-order valence-corrected chi connectivity index (χ4v) is 1.82. The van der Waals surface area contributed by atoms with Crippen molar-refractivity contribution in [3.05, 3.63) is 47.0 Å².